The summed E-state index contributed by atoms with van der Waals surface area (Å²) in [5, 5.41) is 4.02. The number of hydrogen-bond acceptors (Lipinski definition) is 2. The predicted molar refractivity (Wildman–Crippen MR) is 61.6 cm³/mol. The van der Waals surface area contributed by atoms with E-state index < -0.39 is 0 Å². The molecule has 0 aromatic rings. The van der Waals surface area contributed by atoms with Crippen molar-refractivity contribution in [3.63, 3.8) is 0 Å². The van der Waals surface area contributed by atoms with E-state index >= 15 is 0 Å². The number of halogens is 1. The Morgan fingerprint density at radius 2 is 2.07 bits per heavy atom. The van der Waals surface area contributed by atoms with Gasteiger partial charge in [0.05, 0.1) is 0 Å². The van der Waals surface area contributed by atoms with Gasteiger partial charge in [-0.2, -0.15) is 0 Å². The summed E-state index contributed by atoms with van der Waals surface area (Å²) in [5.41, 5.74) is 0.0597. The van der Waals surface area contributed by atoms with E-state index in [1.54, 1.807) is 0 Å². The second kappa shape index (κ2) is 3.84. The molecule has 1 aliphatic carbocycles. The molecule has 0 atom stereocenters. The smallest absolute Gasteiger partial charge is 0.144 e. The quantitative estimate of drug-likeness (QED) is 0.704. The van der Waals surface area contributed by atoms with Gasteiger partial charge in [0.15, 0.2) is 0 Å². The van der Waals surface area contributed by atoms with E-state index in [2.05, 4.69) is 34.9 Å². The number of nitrogens with zero attached hydrogens (tertiary/aromatic N) is 1. The predicted octanol–water partition coefficient (Wildman–Crippen LogP) is 3.70. The van der Waals surface area contributed by atoms with Crippen molar-refractivity contribution in [2.24, 2.45) is 17.0 Å². The van der Waals surface area contributed by atoms with E-state index in [1.807, 2.05) is 0 Å². The summed E-state index contributed by atoms with van der Waals surface area (Å²) in [6, 6.07) is 0. The minimum atomic E-state index is 0.0597. The zero-order valence-electron chi connectivity index (χ0n) is 8.92. The van der Waals surface area contributed by atoms with Gasteiger partial charge >= 0.3 is 0 Å². The molecule has 0 radical (unpaired) electrons. The van der Waals surface area contributed by atoms with Crippen LogP contribution in [0, 0.1) is 11.8 Å². The van der Waals surface area contributed by atoms with Crippen LogP contribution in [0.5, 0.6) is 0 Å². The molecule has 0 bridgehead atoms. The van der Waals surface area contributed by atoms with Crippen molar-refractivity contribution in [2.75, 3.05) is 0 Å². The zero-order chi connectivity index (χ0) is 10.2. The summed E-state index contributed by atoms with van der Waals surface area (Å²) in [6.07, 6.45) is 5.93. The molecule has 3 heteroatoms. The van der Waals surface area contributed by atoms with E-state index in [0.717, 1.165) is 22.9 Å². The third kappa shape index (κ3) is 1.97. The van der Waals surface area contributed by atoms with E-state index in [1.165, 1.54) is 25.7 Å². The van der Waals surface area contributed by atoms with Crippen molar-refractivity contribution in [1.82, 2.24) is 0 Å². The van der Waals surface area contributed by atoms with Crippen molar-refractivity contribution in [1.29, 1.82) is 0 Å². The van der Waals surface area contributed by atoms with Crippen LogP contribution in [0.15, 0.2) is 5.16 Å². The third-order valence-corrected chi connectivity index (χ3v) is 4.12. The zero-order valence-corrected chi connectivity index (χ0v) is 10.5. The minimum absolute atomic E-state index is 0.0597. The lowest BCUT2D eigenvalue weighted by Crippen LogP contribution is -2.35. The van der Waals surface area contributed by atoms with Crippen LogP contribution in [0.25, 0.3) is 0 Å². The molecule has 0 N–H and O–H groups in total. The van der Waals surface area contributed by atoms with Crippen LogP contribution < -0.4 is 0 Å². The summed E-state index contributed by atoms with van der Waals surface area (Å²) in [5.74, 6) is 1.71. The molecule has 1 spiro atoms. The highest BCUT2D eigenvalue weighted by Gasteiger charge is 2.42. The van der Waals surface area contributed by atoms with Crippen LogP contribution >= 0.6 is 15.9 Å². The van der Waals surface area contributed by atoms with Crippen molar-refractivity contribution in [3.8, 4) is 0 Å². The molecule has 14 heavy (non-hydrogen) atoms. The highest BCUT2D eigenvalue weighted by Crippen LogP contribution is 2.43. The lowest BCUT2D eigenvalue weighted by Gasteiger charge is -2.36. The van der Waals surface area contributed by atoms with E-state index in [4.69, 9.17) is 4.84 Å². The van der Waals surface area contributed by atoms with Crippen LogP contribution in [0.3, 0.4) is 0 Å². The summed E-state index contributed by atoms with van der Waals surface area (Å²) in [4.78, 5) is 5.56. The van der Waals surface area contributed by atoms with Gasteiger partial charge in [-0.3, -0.25) is 0 Å². The van der Waals surface area contributed by atoms with E-state index in [0.29, 0.717) is 0 Å². The van der Waals surface area contributed by atoms with Gasteiger partial charge in [0.1, 0.15) is 10.2 Å². The Balaban J connectivity index is 1.90. The molecule has 0 amide bonds. The highest BCUT2D eigenvalue weighted by molar-refractivity contribution is 9.18. The van der Waals surface area contributed by atoms with Gasteiger partial charge in [-0.05, 0) is 53.4 Å². The normalized spacial score (nSPS) is 37.4. The standard InChI is InChI=1S/C11H18BrNO/c1-8(2)9-3-5-11(6-4-9)7-10(12)13-14-11/h8-9H,3-7H2,1-2H3. The van der Waals surface area contributed by atoms with Gasteiger partial charge < -0.3 is 4.84 Å². The molecule has 80 valence electrons. The van der Waals surface area contributed by atoms with E-state index in [9.17, 15) is 0 Å². The minimum Gasteiger partial charge on any atom is -0.388 e. The molecule has 2 rings (SSSR count). The van der Waals surface area contributed by atoms with Gasteiger partial charge in [0, 0.05) is 6.42 Å². The molecule has 0 saturated heterocycles. The van der Waals surface area contributed by atoms with E-state index in [-0.39, 0.29) is 5.60 Å². The van der Waals surface area contributed by atoms with Crippen LogP contribution in [0.4, 0.5) is 0 Å². The Labute approximate surface area is 94.2 Å². The molecule has 1 heterocycles. The molecule has 2 aliphatic rings. The van der Waals surface area contributed by atoms with Gasteiger partial charge in [-0.15, -0.1) is 0 Å². The maximum Gasteiger partial charge on any atom is 0.144 e. The molecule has 0 aromatic carbocycles. The summed E-state index contributed by atoms with van der Waals surface area (Å²) in [7, 11) is 0. The Bertz CT molecular complexity index is 242. The number of hydrogen-bond donors (Lipinski definition) is 0. The fraction of sp³-hybridized carbons (Fsp3) is 0.909. The number of oxime groups is 1. The molecule has 0 unspecified atom stereocenters. The fourth-order valence-electron chi connectivity index (χ4n) is 2.58. The first-order valence-corrected chi connectivity index (χ1v) is 6.31. The third-order valence-electron chi connectivity index (χ3n) is 3.69. The second-order valence-electron chi connectivity index (χ2n) is 5.00. The highest BCUT2D eigenvalue weighted by atomic mass is 79.9. The van der Waals surface area contributed by atoms with Gasteiger partial charge in [0.25, 0.3) is 0 Å². The summed E-state index contributed by atoms with van der Waals surface area (Å²) < 4.78 is 0.987. The second-order valence-corrected chi connectivity index (χ2v) is 5.92. The Hall–Kier alpha value is -0.0500. The topological polar surface area (TPSA) is 21.6 Å². The first kappa shape index (κ1) is 10.5. The maximum absolute atomic E-state index is 5.56. The van der Waals surface area contributed by atoms with Crippen LogP contribution in [-0.2, 0) is 4.84 Å². The molecule has 1 fully saturated rings. The lowest BCUT2D eigenvalue weighted by molar-refractivity contribution is -0.0578. The van der Waals surface area contributed by atoms with Gasteiger partial charge in [-0.25, -0.2) is 0 Å². The van der Waals surface area contributed by atoms with Crippen molar-refractivity contribution >= 4 is 20.6 Å². The average Bonchev–Trinajstić information content (AvgIpc) is 2.48. The molecular weight excluding hydrogens is 242 g/mol. The molecule has 2 nitrogen and oxygen atoms in total. The Morgan fingerprint density at radius 1 is 1.43 bits per heavy atom. The SMILES string of the molecule is CC(C)C1CCC2(CC1)CC(Br)=NO2. The largest absolute Gasteiger partial charge is 0.388 e. The molecular formula is C11H18BrNO. The van der Waals surface area contributed by atoms with Crippen molar-refractivity contribution in [2.45, 2.75) is 51.6 Å². The Morgan fingerprint density at radius 3 is 2.50 bits per heavy atom. The monoisotopic (exact) mass is 259 g/mol. The van der Waals surface area contributed by atoms with Gasteiger partial charge in [-0.1, -0.05) is 19.0 Å². The number of rotatable bonds is 1. The van der Waals surface area contributed by atoms with Crippen LogP contribution in [0.2, 0.25) is 0 Å². The first-order chi connectivity index (χ1) is 6.61. The van der Waals surface area contributed by atoms with Crippen molar-refractivity contribution in [3.05, 3.63) is 0 Å². The average molecular weight is 260 g/mol. The van der Waals surface area contributed by atoms with Crippen molar-refractivity contribution < 1.29 is 4.84 Å². The molecule has 1 saturated carbocycles. The van der Waals surface area contributed by atoms with Crippen LogP contribution in [0.1, 0.15) is 46.0 Å². The van der Waals surface area contributed by atoms with Gasteiger partial charge in [0.2, 0.25) is 0 Å². The molecule has 1 aliphatic heterocycles. The summed E-state index contributed by atoms with van der Waals surface area (Å²) >= 11 is 3.42. The summed E-state index contributed by atoms with van der Waals surface area (Å²) in [6.45, 7) is 4.65. The maximum atomic E-state index is 5.56. The lowest BCUT2D eigenvalue weighted by atomic mass is 9.74. The Kier molecular flexibility index (Phi) is 2.87. The first-order valence-electron chi connectivity index (χ1n) is 5.52. The fourth-order valence-corrected chi connectivity index (χ4v) is 3.16. The molecule has 0 aromatic heterocycles. The van der Waals surface area contributed by atoms with Crippen LogP contribution in [-0.4, -0.2) is 10.2 Å².